The lowest BCUT2D eigenvalue weighted by Crippen LogP contribution is -2.22. The Balaban J connectivity index is 3.36. The minimum Gasteiger partial charge on any atom is -0.379 e. The largest absolute Gasteiger partial charge is 0.418 e. The fourth-order valence-corrected chi connectivity index (χ4v) is 1.12. The number of hydrogen-bond donors (Lipinski definition) is 1. The molecule has 0 bridgehead atoms. The van der Waals surface area contributed by atoms with Gasteiger partial charge in [-0.05, 0) is 6.07 Å². The summed E-state index contributed by atoms with van der Waals surface area (Å²) in [6.45, 7) is 0. The van der Waals surface area contributed by atoms with Crippen LogP contribution in [0.1, 0.15) is 11.7 Å². The minimum atomic E-state index is -5.16. The normalized spacial score (nSPS) is 13.6. The Kier molecular flexibility index (Phi) is 3.13. The van der Waals surface area contributed by atoms with Gasteiger partial charge in [0.05, 0.1) is 4.92 Å². The first-order valence-corrected chi connectivity index (χ1v) is 3.92. The first-order valence-electron chi connectivity index (χ1n) is 3.92. The number of benzene rings is 1. The molecular weight excluding hydrogens is 234 g/mol. The molecule has 0 unspecified atom stereocenters. The van der Waals surface area contributed by atoms with E-state index in [1.807, 2.05) is 0 Å². The Labute approximate surface area is 86.3 Å². The summed E-state index contributed by atoms with van der Waals surface area (Å²) >= 11 is 0. The molecule has 0 heterocycles. The SMILES string of the molecule is O=[N+]([O-])c1cccc(F)c1[C@H](O)C(F)(F)F. The van der Waals surface area contributed by atoms with Gasteiger partial charge in [0.2, 0.25) is 0 Å². The highest BCUT2D eigenvalue weighted by molar-refractivity contribution is 5.43. The van der Waals surface area contributed by atoms with E-state index in [0.29, 0.717) is 12.1 Å². The van der Waals surface area contributed by atoms with Crippen LogP contribution in [0, 0.1) is 15.9 Å². The van der Waals surface area contributed by atoms with Gasteiger partial charge >= 0.3 is 6.18 Å². The van der Waals surface area contributed by atoms with Crippen LogP contribution in [0.25, 0.3) is 0 Å². The van der Waals surface area contributed by atoms with E-state index in [1.165, 1.54) is 0 Å². The third-order valence-corrected chi connectivity index (χ3v) is 1.81. The summed E-state index contributed by atoms with van der Waals surface area (Å²) in [5.74, 6) is -1.47. The number of halogens is 4. The van der Waals surface area contributed by atoms with Gasteiger partial charge in [0.25, 0.3) is 5.69 Å². The van der Waals surface area contributed by atoms with Crippen LogP contribution in [-0.2, 0) is 0 Å². The van der Waals surface area contributed by atoms with E-state index in [1.54, 1.807) is 0 Å². The van der Waals surface area contributed by atoms with Crippen molar-refractivity contribution in [2.24, 2.45) is 0 Å². The van der Waals surface area contributed by atoms with Crippen LogP contribution in [0.3, 0.4) is 0 Å². The van der Waals surface area contributed by atoms with Crippen molar-refractivity contribution in [2.45, 2.75) is 12.3 Å². The van der Waals surface area contributed by atoms with Crippen molar-refractivity contribution in [1.82, 2.24) is 0 Å². The molecule has 0 saturated heterocycles. The maximum Gasteiger partial charge on any atom is 0.418 e. The number of rotatable bonds is 2. The number of alkyl halides is 3. The van der Waals surface area contributed by atoms with Gasteiger partial charge in [0.1, 0.15) is 11.4 Å². The molecule has 0 aliphatic carbocycles. The smallest absolute Gasteiger partial charge is 0.379 e. The van der Waals surface area contributed by atoms with E-state index in [-0.39, 0.29) is 0 Å². The molecule has 1 N–H and O–H groups in total. The summed E-state index contributed by atoms with van der Waals surface area (Å²) < 4.78 is 49.4. The number of nitrogens with zero attached hydrogens (tertiary/aromatic N) is 1. The van der Waals surface area contributed by atoms with E-state index < -0.39 is 34.3 Å². The molecule has 4 nitrogen and oxygen atoms in total. The van der Waals surface area contributed by atoms with Crippen LogP contribution in [-0.4, -0.2) is 16.2 Å². The summed E-state index contributed by atoms with van der Waals surface area (Å²) in [7, 11) is 0. The molecule has 0 saturated carbocycles. The van der Waals surface area contributed by atoms with Gasteiger partial charge in [-0.3, -0.25) is 10.1 Å². The molecule has 0 spiro atoms. The van der Waals surface area contributed by atoms with Crippen molar-refractivity contribution in [3.63, 3.8) is 0 Å². The Morgan fingerprint density at radius 3 is 2.38 bits per heavy atom. The number of hydrogen-bond acceptors (Lipinski definition) is 3. The van der Waals surface area contributed by atoms with Crippen LogP contribution < -0.4 is 0 Å². The lowest BCUT2D eigenvalue weighted by atomic mass is 10.1. The average molecular weight is 239 g/mol. The van der Waals surface area contributed by atoms with Crippen molar-refractivity contribution in [3.8, 4) is 0 Å². The fourth-order valence-electron chi connectivity index (χ4n) is 1.12. The molecule has 0 aliphatic rings. The maximum atomic E-state index is 13.0. The molecule has 16 heavy (non-hydrogen) atoms. The zero-order valence-electron chi connectivity index (χ0n) is 7.53. The van der Waals surface area contributed by atoms with Gasteiger partial charge in [-0.25, -0.2) is 4.39 Å². The van der Waals surface area contributed by atoms with Gasteiger partial charge in [-0.2, -0.15) is 13.2 Å². The molecule has 0 radical (unpaired) electrons. The third kappa shape index (κ3) is 2.27. The van der Waals surface area contributed by atoms with Crippen LogP contribution in [0.5, 0.6) is 0 Å². The predicted octanol–water partition coefficient (Wildman–Crippen LogP) is 2.33. The van der Waals surface area contributed by atoms with Crippen molar-refractivity contribution in [2.75, 3.05) is 0 Å². The zero-order valence-corrected chi connectivity index (χ0v) is 7.53. The van der Waals surface area contributed by atoms with Gasteiger partial charge in [-0.15, -0.1) is 0 Å². The monoisotopic (exact) mass is 239 g/mol. The van der Waals surface area contributed by atoms with Crippen LogP contribution in [0.4, 0.5) is 23.2 Å². The molecule has 0 aliphatic heterocycles. The van der Waals surface area contributed by atoms with Crippen LogP contribution in [0.15, 0.2) is 18.2 Å². The average Bonchev–Trinajstić information content (AvgIpc) is 2.14. The quantitative estimate of drug-likeness (QED) is 0.489. The van der Waals surface area contributed by atoms with E-state index in [0.717, 1.165) is 6.07 Å². The molecule has 0 fully saturated rings. The highest BCUT2D eigenvalue weighted by atomic mass is 19.4. The van der Waals surface area contributed by atoms with E-state index in [4.69, 9.17) is 5.11 Å². The minimum absolute atomic E-state index is 0.608. The second-order valence-electron chi connectivity index (χ2n) is 2.87. The molecule has 1 atom stereocenters. The first kappa shape index (κ1) is 12.4. The highest BCUT2D eigenvalue weighted by Crippen LogP contribution is 2.38. The number of nitro benzene ring substituents is 1. The Morgan fingerprint density at radius 2 is 1.94 bits per heavy atom. The Hall–Kier alpha value is -1.70. The first-order chi connectivity index (χ1) is 7.25. The molecule has 88 valence electrons. The molecule has 8 heteroatoms. The summed E-state index contributed by atoms with van der Waals surface area (Å²) in [5, 5.41) is 19.2. The number of nitro groups is 1. The Bertz CT molecular complexity index is 418. The predicted molar refractivity (Wildman–Crippen MR) is 44.1 cm³/mol. The second-order valence-corrected chi connectivity index (χ2v) is 2.87. The van der Waals surface area contributed by atoms with Crippen molar-refractivity contribution >= 4 is 5.69 Å². The lowest BCUT2D eigenvalue weighted by molar-refractivity contribution is -0.387. The van der Waals surface area contributed by atoms with E-state index in [9.17, 15) is 27.7 Å². The van der Waals surface area contributed by atoms with E-state index >= 15 is 0 Å². The molecule has 1 rings (SSSR count). The lowest BCUT2D eigenvalue weighted by Gasteiger charge is -2.15. The van der Waals surface area contributed by atoms with E-state index in [2.05, 4.69) is 0 Å². The summed E-state index contributed by atoms with van der Waals surface area (Å²) in [5.41, 5.74) is -2.48. The zero-order chi connectivity index (χ0) is 12.5. The summed E-state index contributed by atoms with van der Waals surface area (Å²) in [6.07, 6.45) is -8.37. The molecule has 1 aromatic rings. The Morgan fingerprint density at radius 1 is 1.38 bits per heavy atom. The van der Waals surface area contributed by atoms with Crippen molar-refractivity contribution < 1.29 is 27.6 Å². The van der Waals surface area contributed by atoms with Crippen LogP contribution >= 0.6 is 0 Å². The molecular formula is C8H5F4NO3. The fraction of sp³-hybridized carbons (Fsp3) is 0.250. The summed E-state index contributed by atoms with van der Waals surface area (Å²) in [6, 6.07) is 2.19. The molecule has 0 aromatic heterocycles. The van der Waals surface area contributed by atoms with Crippen molar-refractivity contribution in [3.05, 3.63) is 39.7 Å². The standard InChI is InChI=1S/C8H5F4NO3/c9-4-2-1-3-5(13(15)16)6(4)7(14)8(10,11)12/h1-3,7,14H/t7-/m0/s1. The topological polar surface area (TPSA) is 63.4 Å². The third-order valence-electron chi connectivity index (χ3n) is 1.81. The van der Waals surface area contributed by atoms with Crippen molar-refractivity contribution in [1.29, 1.82) is 0 Å². The van der Waals surface area contributed by atoms with Gasteiger partial charge in [-0.1, -0.05) is 6.07 Å². The van der Waals surface area contributed by atoms with Crippen LogP contribution in [0.2, 0.25) is 0 Å². The molecule has 1 aromatic carbocycles. The van der Waals surface area contributed by atoms with Gasteiger partial charge in [0, 0.05) is 6.07 Å². The second kappa shape index (κ2) is 4.05. The molecule has 0 amide bonds. The number of aliphatic hydroxyl groups is 1. The number of aliphatic hydroxyl groups excluding tert-OH is 1. The van der Waals surface area contributed by atoms with Gasteiger partial charge in [0.15, 0.2) is 6.10 Å². The summed E-state index contributed by atoms with van der Waals surface area (Å²) in [4.78, 5) is 9.18. The highest BCUT2D eigenvalue weighted by Gasteiger charge is 2.44. The maximum absolute atomic E-state index is 13.0. The van der Waals surface area contributed by atoms with Gasteiger partial charge < -0.3 is 5.11 Å².